The average Bonchev–Trinajstić information content (AvgIpc) is 3.45. The number of ether oxygens (including phenoxy) is 1. The summed E-state index contributed by atoms with van der Waals surface area (Å²) in [5.41, 5.74) is 1.47. The summed E-state index contributed by atoms with van der Waals surface area (Å²) in [7, 11) is 0. The van der Waals surface area contributed by atoms with E-state index in [4.69, 9.17) is 0 Å². The van der Waals surface area contributed by atoms with Crippen molar-refractivity contribution < 1.29 is 18.3 Å². The van der Waals surface area contributed by atoms with Crippen LogP contribution in [0.2, 0.25) is 0 Å². The topological polar surface area (TPSA) is 41.6 Å². The molecule has 1 aliphatic carbocycles. The lowest BCUT2D eigenvalue weighted by atomic mass is 10.1. The third kappa shape index (κ3) is 4.94. The summed E-state index contributed by atoms with van der Waals surface area (Å²) in [6.07, 6.45) is 2.24. The zero-order chi connectivity index (χ0) is 18.5. The normalized spacial score (nSPS) is 14.8. The van der Waals surface area contributed by atoms with E-state index in [0.29, 0.717) is 18.2 Å². The van der Waals surface area contributed by atoms with E-state index in [1.807, 2.05) is 30.3 Å². The maximum atomic E-state index is 12.9. The van der Waals surface area contributed by atoms with Gasteiger partial charge >= 0.3 is 12.6 Å². The van der Waals surface area contributed by atoms with Crippen LogP contribution in [0, 0.1) is 5.92 Å². The summed E-state index contributed by atoms with van der Waals surface area (Å²) in [6, 6.07) is 15.7. The highest BCUT2D eigenvalue weighted by molar-refractivity contribution is 5.89. The molecule has 3 rings (SSSR count). The molecule has 1 atom stereocenters. The van der Waals surface area contributed by atoms with Crippen LogP contribution in [0.25, 0.3) is 0 Å². The molecule has 138 valence electrons. The Bertz CT molecular complexity index is 736. The van der Waals surface area contributed by atoms with E-state index in [1.165, 1.54) is 12.1 Å². The molecule has 2 amide bonds. The van der Waals surface area contributed by atoms with Gasteiger partial charge in [0.1, 0.15) is 5.75 Å². The molecule has 2 aromatic rings. The van der Waals surface area contributed by atoms with E-state index < -0.39 is 6.61 Å². The lowest BCUT2D eigenvalue weighted by Gasteiger charge is -2.30. The Labute approximate surface area is 151 Å². The van der Waals surface area contributed by atoms with Gasteiger partial charge in [0, 0.05) is 24.3 Å². The first-order valence-electron chi connectivity index (χ1n) is 8.69. The van der Waals surface area contributed by atoms with Gasteiger partial charge in [-0.3, -0.25) is 0 Å². The zero-order valence-electron chi connectivity index (χ0n) is 14.6. The number of nitrogens with zero attached hydrogens (tertiary/aromatic N) is 1. The Balaban J connectivity index is 1.72. The van der Waals surface area contributed by atoms with Crippen molar-refractivity contribution in [3.05, 3.63) is 60.2 Å². The third-order valence-electron chi connectivity index (χ3n) is 4.56. The van der Waals surface area contributed by atoms with Crippen LogP contribution < -0.4 is 10.1 Å². The molecule has 0 bridgehead atoms. The van der Waals surface area contributed by atoms with Gasteiger partial charge in [-0.1, -0.05) is 36.4 Å². The molecule has 2 aromatic carbocycles. The molecule has 0 radical (unpaired) electrons. The molecular formula is C20H22F2N2O2. The molecule has 0 heterocycles. The van der Waals surface area contributed by atoms with Crippen LogP contribution in [-0.2, 0) is 6.54 Å². The first-order chi connectivity index (χ1) is 12.5. The lowest BCUT2D eigenvalue weighted by molar-refractivity contribution is -0.0497. The van der Waals surface area contributed by atoms with Crippen molar-refractivity contribution in [1.82, 2.24) is 4.90 Å². The van der Waals surface area contributed by atoms with Crippen LogP contribution in [0.15, 0.2) is 54.6 Å². The molecule has 1 fully saturated rings. The Morgan fingerprint density at radius 2 is 1.92 bits per heavy atom. The largest absolute Gasteiger partial charge is 0.435 e. The molecule has 1 unspecified atom stereocenters. The summed E-state index contributed by atoms with van der Waals surface area (Å²) in [4.78, 5) is 14.6. The summed E-state index contributed by atoms with van der Waals surface area (Å²) in [5.74, 6) is 0.528. The minimum Gasteiger partial charge on any atom is -0.435 e. The minimum atomic E-state index is -2.90. The quantitative estimate of drug-likeness (QED) is 0.744. The molecule has 0 aromatic heterocycles. The average molecular weight is 360 g/mol. The van der Waals surface area contributed by atoms with E-state index in [2.05, 4.69) is 17.0 Å². The number of halogens is 2. The lowest BCUT2D eigenvalue weighted by Crippen LogP contribution is -2.42. The zero-order valence-corrected chi connectivity index (χ0v) is 14.6. The van der Waals surface area contributed by atoms with Crippen molar-refractivity contribution in [1.29, 1.82) is 0 Å². The Morgan fingerprint density at radius 1 is 1.19 bits per heavy atom. The highest BCUT2D eigenvalue weighted by Gasteiger charge is 2.34. The summed E-state index contributed by atoms with van der Waals surface area (Å²) in [5, 5.41) is 2.80. The summed E-state index contributed by atoms with van der Waals surface area (Å²) < 4.78 is 29.1. The molecular weight excluding hydrogens is 338 g/mol. The van der Waals surface area contributed by atoms with E-state index >= 15 is 0 Å². The molecule has 0 saturated heterocycles. The Kier molecular flexibility index (Phi) is 5.71. The first kappa shape index (κ1) is 18.2. The van der Waals surface area contributed by atoms with Gasteiger partial charge < -0.3 is 15.0 Å². The smallest absolute Gasteiger partial charge is 0.387 e. The fraction of sp³-hybridized carbons (Fsp3) is 0.350. The number of nitrogens with one attached hydrogen (secondary N) is 1. The maximum Gasteiger partial charge on any atom is 0.387 e. The molecule has 4 nitrogen and oxygen atoms in total. The third-order valence-corrected chi connectivity index (χ3v) is 4.56. The number of alkyl halides is 2. The Morgan fingerprint density at radius 3 is 2.58 bits per heavy atom. The molecule has 1 N–H and O–H groups in total. The van der Waals surface area contributed by atoms with Gasteiger partial charge in [-0.2, -0.15) is 8.78 Å². The number of carbonyl (C=O) groups excluding carboxylic acids is 1. The SMILES string of the molecule is CC(C1CC1)N(Cc1ccccc1)C(=O)Nc1cccc(OC(F)F)c1. The van der Waals surface area contributed by atoms with Gasteiger partial charge in [-0.15, -0.1) is 0 Å². The van der Waals surface area contributed by atoms with Gasteiger partial charge in [-0.25, -0.2) is 4.79 Å². The standard InChI is InChI=1S/C20H22F2N2O2/c1-14(16-10-11-16)24(13-15-6-3-2-4-7-15)20(25)23-17-8-5-9-18(12-17)26-19(21)22/h2-9,12,14,16,19H,10-11,13H2,1H3,(H,23,25). The van der Waals surface area contributed by atoms with Gasteiger partial charge in [0.15, 0.2) is 0 Å². The van der Waals surface area contributed by atoms with Crippen LogP contribution in [0.4, 0.5) is 19.3 Å². The van der Waals surface area contributed by atoms with Crippen molar-refractivity contribution in [2.75, 3.05) is 5.32 Å². The number of benzene rings is 2. The molecule has 6 heteroatoms. The number of carbonyl (C=O) groups is 1. The number of hydrogen-bond donors (Lipinski definition) is 1. The predicted octanol–water partition coefficient (Wildman–Crippen LogP) is 5.12. The van der Waals surface area contributed by atoms with Crippen molar-refractivity contribution in [2.24, 2.45) is 5.92 Å². The van der Waals surface area contributed by atoms with E-state index in [-0.39, 0.29) is 17.8 Å². The Hall–Kier alpha value is -2.63. The molecule has 0 aliphatic heterocycles. The first-order valence-corrected chi connectivity index (χ1v) is 8.69. The van der Waals surface area contributed by atoms with Crippen LogP contribution in [0.3, 0.4) is 0 Å². The summed E-state index contributed by atoms with van der Waals surface area (Å²) in [6.45, 7) is -0.348. The fourth-order valence-electron chi connectivity index (χ4n) is 2.96. The van der Waals surface area contributed by atoms with Gasteiger partial charge in [0.2, 0.25) is 0 Å². The monoisotopic (exact) mass is 360 g/mol. The van der Waals surface area contributed by atoms with Crippen molar-refractivity contribution >= 4 is 11.7 Å². The number of amides is 2. The second-order valence-corrected chi connectivity index (χ2v) is 6.53. The van der Waals surface area contributed by atoms with Crippen LogP contribution >= 0.6 is 0 Å². The minimum absolute atomic E-state index is 0.0163. The second kappa shape index (κ2) is 8.17. The molecule has 26 heavy (non-hydrogen) atoms. The number of rotatable bonds is 7. The molecule has 0 spiro atoms. The number of anilines is 1. The maximum absolute atomic E-state index is 12.9. The number of urea groups is 1. The van der Waals surface area contributed by atoms with Crippen LogP contribution in [-0.4, -0.2) is 23.6 Å². The van der Waals surface area contributed by atoms with Gasteiger partial charge in [-0.05, 0) is 43.4 Å². The van der Waals surface area contributed by atoms with Gasteiger partial charge in [0.05, 0.1) is 0 Å². The number of hydrogen-bond acceptors (Lipinski definition) is 2. The van der Waals surface area contributed by atoms with E-state index in [0.717, 1.165) is 18.4 Å². The van der Waals surface area contributed by atoms with Crippen LogP contribution in [0.1, 0.15) is 25.3 Å². The van der Waals surface area contributed by atoms with Crippen LogP contribution in [0.5, 0.6) is 5.75 Å². The van der Waals surface area contributed by atoms with E-state index in [1.54, 1.807) is 17.0 Å². The summed E-state index contributed by atoms with van der Waals surface area (Å²) >= 11 is 0. The molecule has 1 saturated carbocycles. The van der Waals surface area contributed by atoms with Crippen molar-refractivity contribution in [3.63, 3.8) is 0 Å². The fourth-order valence-corrected chi connectivity index (χ4v) is 2.96. The van der Waals surface area contributed by atoms with Gasteiger partial charge in [0.25, 0.3) is 0 Å². The second-order valence-electron chi connectivity index (χ2n) is 6.53. The van der Waals surface area contributed by atoms with Crippen molar-refractivity contribution in [3.8, 4) is 5.75 Å². The van der Waals surface area contributed by atoms with Crippen molar-refractivity contribution in [2.45, 2.75) is 39.0 Å². The highest BCUT2D eigenvalue weighted by atomic mass is 19.3. The van der Waals surface area contributed by atoms with E-state index in [9.17, 15) is 13.6 Å². The predicted molar refractivity (Wildman–Crippen MR) is 96.3 cm³/mol. The molecule has 1 aliphatic rings. The highest BCUT2D eigenvalue weighted by Crippen LogP contribution is 2.36.